The van der Waals surface area contributed by atoms with Crippen LogP contribution in [0.4, 0.5) is 0 Å². The fourth-order valence-corrected chi connectivity index (χ4v) is 0.710. The van der Waals surface area contributed by atoms with Gasteiger partial charge in [-0.2, -0.15) is 0 Å². The molecule has 74 valence electrons. The Morgan fingerprint density at radius 1 is 1.38 bits per heavy atom. The van der Waals surface area contributed by atoms with Crippen molar-refractivity contribution in [2.75, 3.05) is 0 Å². The van der Waals surface area contributed by atoms with Gasteiger partial charge in [-0.3, -0.25) is 0 Å². The minimum Gasteiger partial charge on any atom is -0.479 e. The molecule has 0 aliphatic heterocycles. The smallest absolute Gasteiger partial charge is 0.336 e. The van der Waals surface area contributed by atoms with Crippen molar-refractivity contribution in [3.63, 3.8) is 0 Å². The summed E-state index contributed by atoms with van der Waals surface area (Å²) in [6, 6.07) is 0. The predicted octanol–water partition coefficient (Wildman–Crippen LogP) is 0.0989. The minimum absolute atomic E-state index is 0.326. The average Bonchev–Trinajstić information content (AvgIpc) is 2.01. The molecule has 0 rings (SSSR count). The standard InChI is InChI=1S/C8H12O5/c1-4(6(9)10)5(2)8(3,13)7(11)12/h5,13H,1H2,2-3H3,(H,9,10)(H,11,12)/t5?,8-/m0/s1. The first-order chi connectivity index (χ1) is 5.71. The highest BCUT2D eigenvalue weighted by molar-refractivity contribution is 5.89. The van der Waals surface area contributed by atoms with E-state index in [-0.39, 0.29) is 5.57 Å². The first-order valence-electron chi connectivity index (χ1n) is 3.59. The molecular weight excluding hydrogens is 176 g/mol. The van der Waals surface area contributed by atoms with Crippen molar-refractivity contribution in [3.8, 4) is 0 Å². The van der Waals surface area contributed by atoms with Gasteiger partial charge in [0, 0.05) is 11.5 Å². The van der Waals surface area contributed by atoms with Gasteiger partial charge in [0.2, 0.25) is 0 Å². The molecule has 3 N–H and O–H groups in total. The van der Waals surface area contributed by atoms with Gasteiger partial charge in [0.25, 0.3) is 0 Å². The zero-order chi connectivity index (χ0) is 10.8. The van der Waals surface area contributed by atoms with E-state index in [9.17, 15) is 14.7 Å². The first-order valence-corrected chi connectivity index (χ1v) is 3.59. The lowest BCUT2D eigenvalue weighted by atomic mass is 9.85. The van der Waals surface area contributed by atoms with E-state index in [0.29, 0.717) is 0 Å². The molecule has 0 bridgehead atoms. The first kappa shape index (κ1) is 11.6. The van der Waals surface area contributed by atoms with E-state index in [2.05, 4.69) is 6.58 Å². The van der Waals surface area contributed by atoms with Crippen molar-refractivity contribution in [2.45, 2.75) is 19.4 Å². The van der Waals surface area contributed by atoms with Crippen LogP contribution < -0.4 is 0 Å². The maximum Gasteiger partial charge on any atom is 0.336 e. The molecule has 5 heteroatoms. The molecule has 5 nitrogen and oxygen atoms in total. The number of carboxylic acid groups (broad SMARTS) is 2. The Kier molecular flexibility index (Phi) is 3.20. The Bertz CT molecular complexity index is 253. The topological polar surface area (TPSA) is 94.8 Å². The van der Waals surface area contributed by atoms with Gasteiger partial charge < -0.3 is 15.3 Å². The third kappa shape index (κ3) is 2.29. The van der Waals surface area contributed by atoms with E-state index in [1.54, 1.807) is 0 Å². The van der Waals surface area contributed by atoms with Gasteiger partial charge in [0.1, 0.15) is 0 Å². The molecule has 0 aliphatic rings. The summed E-state index contributed by atoms with van der Waals surface area (Å²) in [6.45, 7) is 5.51. The highest BCUT2D eigenvalue weighted by atomic mass is 16.4. The third-order valence-electron chi connectivity index (χ3n) is 2.07. The molecule has 0 aliphatic carbocycles. The van der Waals surface area contributed by atoms with Gasteiger partial charge in [0.05, 0.1) is 0 Å². The maximum absolute atomic E-state index is 10.5. The van der Waals surface area contributed by atoms with E-state index < -0.39 is 23.5 Å². The van der Waals surface area contributed by atoms with Crippen LogP contribution in [-0.2, 0) is 9.59 Å². The highest BCUT2D eigenvalue weighted by Crippen LogP contribution is 2.23. The van der Waals surface area contributed by atoms with Crippen LogP contribution in [0, 0.1) is 5.92 Å². The summed E-state index contributed by atoms with van der Waals surface area (Å²) in [4.78, 5) is 20.9. The molecule has 0 spiro atoms. The molecule has 0 aromatic carbocycles. The Morgan fingerprint density at radius 3 is 2.00 bits per heavy atom. The summed E-state index contributed by atoms with van der Waals surface area (Å²) in [5.74, 6) is -3.82. The number of aliphatic hydroxyl groups is 1. The van der Waals surface area contributed by atoms with Gasteiger partial charge in [-0.25, -0.2) is 9.59 Å². The minimum atomic E-state index is -2.10. The second-order valence-corrected chi connectivity index (χ2v) is 3.00. The van der Waals surface area contributed by atoms with Crippen molar-refractivity contribution < 1.29 is 24.9 Å². The van der Waals surface area contributed by atoms with E-state index in [0.717, 1.165) is 6.92 Å². The fraction of sp³-hybridized carbons (Fsp3) is 0.500. The summed E-state index contributed by atoms with van der Waals surface area (Å²) < 4.78 is 0. The molecule has 2 atom stereocenters. The molecule has 0 aromatic rings. The van der Waals surface area contributed by atoms with Gasteiger partial charge >= 0.3 is 11.9 Å². The molecule has 1 unspecified atom stereocenters. The monoisotopic (exact) mass is 188 g/mol. The van der Waals surface area contributed by atoms with E-state index in [4.69, 9.17) is 10.2 Å². The van der Waals surface area contributed by atoms with Crippen LogP contribution in [0.25, 0.3) is 0 Å². The molecule has 0 saturated heterocycles. The number of aliphatic carboxylic acids is 2. The molecule has 0 amide bonds. The van der Waals surface area contributed by atoms with E-state index in [1.165, 1.54) is 6.92 Å². The molecule has 13 heavy (non-hydrogen) atoms. The number of hydrogen-bond donors (Lipinski definition) is 3. The fourth-order valence-electron chi connectivity index (χ4n) is 0.710. The number of hydrogen-bond acceptors (Lipinski definition) is 3. The summed E-state index contributed by atoms with van der Waals surface area (Å²) in [5, 5.41) is 26.4. The van der Waals surface area contributed by atoms with Crippen LogP contribution in [-0.4, -0.2) is 32.9 Å². The lowest BCUT2D eigenvalue weighted by Gasteiger charge is -2.25. The Hall–Kier alpha value is -1.36. The van der Waals surface area contributed by atoms with Crippen LogP contribution in [0.3, 0.4) is 0 Å². The Balaban J connectivity index is 4.79. The molecule has 0 radical (unpaired) electrons. The normalized spacial score (nSPS) is 17.2. The van der Waals surface area contributed by atoms with Gasteiger partial charge in [-0.05, 0) is 6.92 Å². The molecule has 0 aromatic heterocycles. The van der Waals surface area contributed by atoms with Crippen LogP contribution in [0.5, 0.6) is 0 Å². The third-order valence-corrected chi connectivity index (χ3v) is 2.07. The average molecular weight is 188 g/mol. The molecule has 0 fully saturated rings. The summed E-state index contributed by atoms with van der Waals surface area (Å²) in [7, 11) is 0. The zero-order valence-electron chi connectivity index (χ0n) is 7.44. The number of rotatable bonds is 4. The van der Waals surface area contributed by atoms with Crippen LogP contribution in [0.1, 0.15) is 13.8 Å². The summed E-state index contributed by atoms with van der Waals surface area (Å²) >= 11 is 0. The van der Waals surface area contributed by atoms with E-state index in [1.807, 2.05) is 0 Å². The van der Waals surface area contributed by atoms with Crippen molar-refractivity contribution in [2.24, 2.45) is 5.92 Å². The summed E-state index contributed by atoms with van der Waals surface area (Å²) in [6.07, 6.45) is 0. The maximum atomic E-state index is 10.5. The van der Waals surface area contributed by atoms with Gasteiger partial charge in [-0.15, -0.1) is 0 Å². The largest absolute Gasteiger partial charge is 0.479 e. The van der Waals surface area contributed by atoms with Crippen LogP contribution in [0.2, 0.25) is 0 Å². The van der Waals surface area contributed by atoms with Gasteiger partial charge in [-0.1, -0.05) is 13.5 Å². The van der Waals surface area contributed by atoms with Crippen molar-refractivity contribution in [3.05, 3.63) is 12.2 Å². The molecule has 0 saturated carbocycles. The second-order valence-electron chi connectivity index (χ2n) is 3.00. The lowest BCUT2D eigenvalue weighted by Crippen LogP contribution is -2.43. The number of carbonyl (C=O) groups is 2. The number of carboxylic acids is 2. The SMILES string of the molecule is C=C(C(=O)O)C(C)[C@](C)(O)C(=O)O. The lowest BCUT2D eigenvalue weighted by molar-refractivity contribution is -0.160. The predicted molar refractivity (Wildman–Crippen MR) is 44.2 cm³/mol. The zero-order valence-corrected chi connectivity index (χ0v) is 7.44. The van der Waals surface area contributed by atoms with Gasteiger partial charge in [0.15, 0.2) is 5.60 Å². The quantitative estimate of drug-likeness (QED) is 0.544. The van der Waals surface area contributed by atoms with Crippen LogP contribution in [0.15, 0.2) is 12.2 Å². The van der Waals surface area contributed by atoms with Crippen molar-refractivity contribution >= 4 is 11.9 Å². The van der Waals surface area contributed by atoms with Crippen LogP contribution >= 0.6 is 0 Å². The van der Waals surface area contributed by atoms with Crippen molar-refractivity contribution in [1.29, 1.82) is 0 Å². The summed E-state index contributed by atoms with van der Waals surface area (Å²) in [5.41, 5.74) is -2.43. The molecule has 0 heterocycles. The van der Waals surface area contributed by atoms with Crippen molar-refractivity contribution in [1.82, 2.24) is 0 Å². The highest BCUT2D eigenvalue weighted by Gasteiger charge is 2.39. The second kappa shape index (κ2) is 3.57. The van der Waals surface area contributed by atoms with E-state index >= 15 is 0 Å². The Morgan fingerprint density at radius 2 is 1.77 bits per heavy atom. The Labute approximate surface area is 75.3 Å². The molecular formula is C8H12O5.